The molecule has 0 spiro atoms. The van der Waals surface area contributed by atoms with Crippen LogP contribution in [0, 0.1) is 0 Å². The third-order valence-corrected chi connectivity index (χ3v) is 4.78. The lowest BCUT2D eigenvalue weighted by molar-refractivity contribution is -0.134. The van der Waals surface area contributed by atoms with Crippen molar-refractivity contribution in [2.75, 3.05) is 13.1 Å². The first-order chi connectivity index (χ1) is 13.3. The van der Waals surface area contributed by atoms with Gasteiger partial charge in [0.2, 0.25) is 5.91 Å². The zero-order valence-electron chi connectivity index (χ0n) is 16.3. The number of nitrogens with one attached hydrogen (secondary N) is 2. The maximum atomic E-state index is 12.6. The smallest absolute Gasteiger partial charge is 0.300 e. The highest BCUT2D eigenvalue weighted by molar-refractivity contribution is 5.77. The van der Waals surface area contributed by atoms with E-state index in [-0.39, 0.29) is 5.91 Å². The van der Waals surface area contributed by atoms with Gasteiger partial charge in [-0.3, -0.25) is 14.3 Å². The second-order valence-corrected chi connectivity index (χ2v) is 6.82. The first-order valence-corrected chi connectivity index (χ1v) is 9.27. The van der Waals surface area contributed by atoms with Crippen molar-refractivity contribution in [1.29, 1.82) is 0 Å². The number of carboxylic acids is 1. The lowest BCUT2D eigenvalue weighted by Crippen LogP contribution is -2.61. The average Bonchev–Trinajstić information content (AvgIpc) is 3.07. The Morgan fingerprint density at radius 1 is 1.32 bits per heavy atom. The van der Waals surface area contributed by atoms with Gasteiger partial charge in [0.1, 0.15) is 0 Å². The summed E-state index contributed by atoms with van der Waals surface area (Å²) in [6.45, 7) is 2.31. The van der Waals surface area contributed by atoms with Gasteiger partial charge in [0, 0.05) is 38.8 Å². The van der Waals surface area contributed by atoms with Crippen LogP contribution in [0.5, 0.6) is 0 Å². The molecule has 1 fully saturated rings. The highest BCUT2D eigenvalue weighted by Crippen LogP contribution is 2.31. The minimum atomic E-state index is -0.833. The fourth-order valence-electron chi connectivity index (χ4n) is 3.35. The number of rotatable bonds is 5. The maximum Gasteiger partial charge on any atom is 0.300 e. The fourth-order valence-corrected chi connectivity index (χ4v) is 3.35. The van der Waals surface area contributed by atoms with E-state index in [2.05, 4.69) is 15.7 Å². The number of nitrogens with zero attached hydrogens (tertiary/aromatic N) is 2. The number of piperidine rings is 1. The topological polar surface area (TPSA) is 116 Å². The predicted octanol–water partition coefficient (Wildman–Crippen LogP) is 0.810. The first kappa shape index (κ1) is 21.6. The first-order valence-electron chi connectivity index (χ1n) is 9.27. The summed E-state index contributed by atoms with van der Waals surface area (Å²) >= 11 is 0. The molecule has 0 bridgehead atoms. The molecule has 4 N–H and O–H groups in total. The van der Waals surface area contributed by atoms with Gasteiger partial charge in [-0.2, -0.15) is 5.10 Å². The standard InChI is InChI=1S/C18H24N4O2.C2H4O2/c1-22-15(9-11-20-22)7-8-17(24)21-18(10-12-19-13-16(18)23)14-5-3-2-4-6-14;1-2(3)4/h2-6,9,11,16,19,23H,7-8,10,12-13H2,1H3,(H,21,24);1H3,(H,3,4)/t16-,18-;/m1./s1. The highest BCUT2D eigenvalue weighted by atomic mass is 16.4. The second-order valence-electron chi connectivity index (χ2n) is 6.82. The van der Waals surface area contributed by atoms with Crippen molar-refractivity contribution in [3.63, 3.8) is 0 Å². The van der Waals surface area contributed by atoms with E-state index in [1.165, 1.54) is 0 Å². The molecule has 1 aliphatic rings. The minimum Gasteiger partial charge on any atom is -0.481 e. The number of carbonyl (C=O) groups is 2. The number of aliphatic hydroxyl groups excluding tert-OH is 1. The highest BCUT2D eigenvalue weighted by Gasteiger charge is 2.42. The van der Waals surface area contributed by atoms with Crippen molar-refractivity contribution >= 4 is 11.9 Å². The quantitative estimate of drug-likeness (QED) is 0.602. The lowest BCUT2D eigenvalue weighted by atomic mass is 9.79. The van der Waals surface area contributed by atoms with Crippen LogP contribution in [-0.2, 0) is 28.6 Å². The van der Waals surface area contributed by atoms with Crippen LogP contribution in [-0.4, -0.2) is 51.1 Å². The van der Waals surface area contributed by atoms with Gasteiger partial charge >= 0.3 is 0 Å². The molecule has 0 aliphatic carbocycles. The van der Waals surface area contributed by atoms with Crippen molar-refractivity contribution in [2.45, 2.75) is 37.8 Å². The van der Waals surface area contributed by atoms with Gasteiger partial charge in [-0.25, -0.2) is 0 Å². The number of aromatic nitrogens is 2. The van der Waals surface area contributed by atoms with Crippen LogP contribution < -0.4 is 10.6 Å². The normalized spacial score (nSPS) is 21.3. The Bertz CT molecular complexity index is 774. The van der Waals surface area contributed by atoms with Crippen LogP contribution in [0.15, 0.2) is 42.6 Å². The Morgan fingerprint density at radius 3 is 2.57 bits per heavy atom. The van der Waals surface area contributed by atoms with Crippen molar-refractivity contribution in [3.8, 4) is 0 Å². The van der Waals surface area contributed by atoms with Crippen LogP contribution in [0.25, 0.3) is 0 Å². The molecule has 1 aromatic heterocycles. The van der Waals surface area contributed by atoms with E-state index in [1.54, 1.807) is 10.9 Å². The molecule has 1 aromatic carbocycles. The molecule has 1 saturated heterocycles. The number of carbonyl (C=O) groups excluding carboxylic acids is 1. The molecule has 8 nitrogen and oxygen atoms in total. The summed E-state index contributed by atoms with van der Waals surface area (Å²) in [5.74, 6) is -0.888. The summed E-state index contributed by atoms with van der Waals surface area (Å²) in [7, 11) is 1.87. The monoisotopic (exact) mass is 388 g/mol. The van der Waals surface area contributed by atoms with Gasteiger partial charge in [-0.15, -0.1) is 0 Å². The predicted molar refractivity (Wildman–Crippen MR) is 105 cm³/mol. The summed E-state index contributed by atoms with van der Waals surface area (Å²) in [5.41, 5.74) is 1.24. The summed E-state index contributed by atoms with van der Waals surface area (Å²) in [5, 5.41) is 28.5. The molecular weight excluding hydrogens is 360 g/mol. The van der Waals surface area contributed by atoms with Crippen molar-refractivity contribution in [2.24, 2.45) is 7.05 Å². The summed E-state index contributed by atoms with van der Waals surface area (Å²) in [6, 6.07) is 11.7. The van der Waals surface area contributed by atoms with Crippen LogP contribution >= 0.6 is 0 Å². The summed E-state index contributed by atoms with van der Waals surface area (Å²) < 4.78 is 1.78. The molecule has 152 valence electrons. The molecule has 2 aromatic rings. The number of amides is 1. The summed E-state index contributed by atoms with van der Waals surface area (Å²) in [6.07, 6.45) is 2.73. The van der Waals surface area contributed by atoms with Gasteiger partial charge in [-0.1, -0.05) is 30.3 Å². The van der Waals surface area contributed by atoms with Crippen LogP contribution in [0.2, 0.25) is 0 Å². The second kappa shape index (κ2) is 10.0. The van der Waals surface area contributed by atoms with E-state index in [4.69, 9.17) is 9.90 Å². The Labute approximate surface area is 164 Å². The molecule has 8 heteroatoms. The third kappa shape index (κ3) is 5.64. The molecule has 28 heavy (non-hydrogen) atoms. The van der Waals surface area contributed by atoms with E-state index >= 15 is 0 Å². The Kier molecular flexibility index (Phi) is 7.71. The van der Waals surface area contributed by atoms with E-state index < -0.39 is 17.6 Å². The van der Waals surface area contributed by atoms with Crippen LogP contribution in [0.1, 0.15) is 31.0 Å². The SMILES string of the molecule is CC(=O)O.Cn1nccc1CCC(=O)N[C@@]1(c2ccccc2)CCNC[C@H]1O. The number of aliphatic hydroxyl groups is 1. The maximum absolute atomic E-state index is 12.6. The molecule has 2 atom stereocenters. The van der Waals surface area contributed by atoms with Gasteiger partial charge in [-0.05, 0) is 31.0 Å². The van der Waals surface area contributed by atoms with E-state index in [0.717, 1.165) is 24.7 Å². The minimum absolute atomic E-state index is 0.0546. The molecule has 3 rings (SSSR count). The van der Waals surface area contributed by atoms with Gasteiger partial charge in [0.25, 0.3) is 5.97 Å². The number of aliphatic carboxylic acids is 1. The Balaban J connectivity index is 0.000000640. The number of carboxylic acid groups (broad SMARTS) is 1. The largest absolute Gasteiger partial charge is 0.481 e. The van der Waals surface area contributed by atoms with E-state index in [1.807, 2.05) is 43.4 Å². The molecule has 0 radical (unpaired) electrons. The molecule has 0 unspecified atom stereocenters. The number of benzene rings is 1. The molecule has 0 saturated carbocycles. The van der Waals surface area contributed by atoms with Crippen molar-refractivity contribution in [3.05, 3.63) is 53.9 Å². The van der Waals surface area contributed by atoms with Crippen LogP contribution in [0.3, 0.4) is 0 Å². The lowest BCUT2D eigenvalue weighted by Gasteiger charge is -2.43. The number of aryl methyl sites for hydroxylation is 2. The number of β-amino-alcohol motifs (C(OH)–C–C–N with tert-alkyl or cyclic N) is 1. The zero-order chi connectivity index (χ0) is 20.6. The Morgan fingerprint density at radius 2 is 2.00 bits per heavy atom. The van der Waals surface area contributed by atoms with Crippen molar-refractivity contribution < 1.29 is 19.8 Å². The van der Waals surface area contributed by atoms with Crippen molar-refractivity contribution in [1.82, 2.24) is 20.4 Å². The molecule has 2 heterocycles. The molecular formula is C20H28N4O4. The summed E-state index contributed by atoms with van der Waals surface area (Å²) in [4.78, 5) is 21.6. The number of hydrogen-bond acceptors (Lipinski definition) is 5. The van der Waals surface area contributed by atoms with Gasteiger partial charge < -0.3 is 20.8 Å². The van der Waals surface area contributed by atoms with Gasteiger partial charge in [0.15, 0.2) is 0 Å². The van der Waals surface area contributed by atoms with E-state index in [9.17, 15) is 9.90 Å². The van der Waals surface area contributed by atoms with Gasteiger partial charge in [0.05, 0.1) is 11.6 Å². The third-order valence-electron chi connectivity index (χ3n) is 4.78. The molecule has 1 amide bonds. The van der Waals surface area contributed by atoms with Crippen LogP contribution in [0.4, 0.5) is 0 Å². The molecule has 1 aliphatic heterocycles. The number of hydrogen-bond donors (Lipinski definition) is 4. The zero-order valence-corrected chi connectivity index (χ0v) is 16.3. The van der Waals surface area contributed by atoms with E-state index in [0.29, 0.717) is 25.8 Å². The average molecular weight is 388 g/mol. The fraction of sp³-hybridized carbons (Fsp3) is 0.450. The Hall–Kier alpha value is -2.71.